The quantitative estimate of drug-likeness (QED) is 0.498. The summed E-state index contributed by atoms with van der Waals surface area (Å²) >= 11 is 0. The summed E-state index contributed by atoms with van der Waals surface area (Å²) in [5.41, 5.74) is 2.89. The van der Waals surface area contributed by atoms with E-state index in [2.05, 4.69) is 28.8 Å². The van der Waals surface area contributed by atoms with Crippen LogP contribution in [0.15, 0.2) is 48.2 Å². The van der Waals surface area contributed by atoms with Gasteiger partial charge < -0.3 is 9.88 Å². The van der Waals surface area contributed by atoms with Crippen LogP contribution in [-0.2, 0) is 13.2 Å². The first-order chi connectivity index (χ1) is 14.1. The summed E-state index contributed by atoms with van der Waals surface area (Å²) in [7, 11) is 1.37. The Morgan fingerprint density at radius 3 is 2.43 bits per heavy atom. The van der Waals surface area contributed by atoms with Crippen molar-refractivity contribution in [3.05, 3.63) is 65.4 Å². The molecule has 1 saturated carbocycles. The first-order valence-corrected chi connectivity index (χ1v) is 9.72. The molecule has 8 heteroatoms. The smallest absolute Gasteiger partial charge is 0.354 e. The second-order valence-corrected chi connectivity index (χ2v) is 7.73. The summed E-state index contributed by atoms with van der Waals surface area (Å²) in [6.45, 7) is 4.19. The van der Waals surface area contributed by atoms with Gasteiger partial charge >= 0.3 is 6.18 Å². The highest BCUT2D eigenvalue weighted by atomic mass is 19.4. The van der Waals surface area contributed by atoms with Crippen LogP contribution in [-0.4, -0.2) is 14.3 Å². The third-order valence-electron chi connectivity index (χ3n) is 5.13. The summed E-state index contributed by atoms with van der Waals surface area (Å²) < 4.78 is 56.8. The zero-order valence-electron chi connectivity index (χ0n) is 16.9. The van der Waals surface area contributed by atoms with E-state index in [0.717, 1.165) is 35.0 Å². The minimum absolute atomic E-state index is 0.0669. The second-order valence-electron chi connectivity index (χ2n) is 7.73. The van der Waals surface area contributed by atoms with Crippen LogP contribution in [0.2, 0.25) is 0 Å². The zero-order chi connectivity index (χ0) is 21.6. The topological polar surface area (TPSA) is 34.8 Å². The summed E-state index contributed by atoms with van der Waals surface area (Å²) in [6, 6.07) is 9.59. The molecule has 0 atom stereocenters. The van der Waals surface area contributed by atoms with Crippen LogP contribution < -0.4 is 5.32 Å². The molecule has 2 heterocycles. The standard InChI is InChI=1S/C22H22F4N4/c1-13(2)30-10-4-5-18(30)21(14-6-7-14)27-15-8-9-16(17(23)11-15)19-12-20(22(24,25)26)28-29(19)3/h4-5,8-13,27H,6-7H2,1-3H3. The van der Waals surface area contributed by atoms with Crippen molar-refractivity contribution in [3.63, 3.8) is 0 Å². The molecule has 1 aromatic carbocycles. The lowest BCUT2D eigenvalue weighted by molar-refractivity contribution is -0.141. The van der Waals surface area contributed by atoms with Crippen LogP contribution in [0.1, 0.15) is 44.1 Å². The Balaban J connectivity index is 1.65. The fraction of sp³-hybridized carbons (Fsp3) is 0.318. The summed E-state index contributed by atoms with van der Waals surface area (Å²) in [5, 5.41) is 6.78. The number of hydrogen-bond donors (Lipinski definition) is 1. The Kier molecular flexibility index (Phi) is 4.95. The molecule has 0 saturated heterocycles. The Morgan fingerprint density at radius 2 is 1.87 bits per heavy atom. The number of allylic oxidation sites excluding steroid dienone is 1. The average Bonchev–Trinajstić information content (AvgIpc) is 3.23. The first kappa shape index (κ1) is 20.3. The number of hydrogen-bond acceptors (Lipinski definition) is 2. The molecule has 1 aliphatic rings. The van der Waals surface area contributed by atoms with Gasteiger partial charge in [-0.3, -0.25) is 4.68 Å². The van der Waals surface area contributed by atoms with Crippen molar-refractivity contribution in [2.24, 2.45) is 7.05 Å². The van der Waals surface area contributed by atoms with Gasteiger partial charge in [0.2, 0.25) is 0 Å². The van der Waals surface area contributed by atoms with Gasteiger partial charge in [-0.25, -0.2) is 4.39 Å². The molecular weight excluding hydrogens is 396 g/mol. The maximum atomic E-state index is 14.9. The number of anilines is 1. The lowest BCUT2D eigenvalue weighted by atomic mass is 10.1. The van der Waals surface area contributed by atoms with Crippen molar-refractivity contribution < 1.29 is 17.6 Å². The summed E-state index contributed by atoms with van der Waals surface area (Å²) in [4.78, 5) is 0. The van der Waals surface area contributed by atoms with E-state index in [-0.39, 0.29) is 17.3 Å². The van der Waals surface area contributed by atoms with E-state index >= 15 is 0 Å². The Labute approximate surface area is 171 Å². The normalized spacial score (nSPS) is 13.8. The fourth-order valence-electron chi connectivity index (χ4n) is 3.50. The predicted octanol–water partition coefficient (Wildman–Crippen LogP) is 6.24. The van der Waals surface area contributed by atoms with E-state index in [4.69, 9.17) is 0 Å². The molecule has 4 nitrogen and oxygen atoms in total. The Bertz CT molecular complexity index is 1110. The lowest BCUT2D eigenvalue weighted by Crippen LogP contribution is -2.08. The Morgan fingerprint density at radius 1 is 1.13 bits per heavy atom. The van der Waals surface area contributed by atoms with Gasteiger partial charge in [0.15, 0.2) is 5.69 Å². The summed E-state index contributed by atoms with van der Waals surface area (Å²) in [6.07, 6.45) is -0.595. The van der Waals surface area contributed by atoms with Gasteiger partial charge in [-0.2, -0.15) is 18.3 Å². The van der Waals surface area contributed by atoms with Crippen LogP contribution in [0.4, 0.5) is 23.2 Å². The number of benzene rings is 1. The lowest BCUT2D eigenvalue weighted by Gasteiger charge is -2.18. The highest BCUT2D eigenvalue weighted by molar-refractivity contribution is 5.80. The van der Waals surface area contributed by atoms with Gasteiger partial charge in [0.05, 0.1) is 17.1 Å². The van der Waals surface area contributed by atoms with Crippen molar-refractivity contribution in [1.82, 2.24) is 14.3 Å². The largest absolute Gasteiger partial charge is 0.435 e. The number of alkyl halides is 3. The molecule has 0 aliphatic heterocycles. The van der Waals surface area contributed by atoms with Crippen LogP contribution >= 0.6 is 0 Å². The van der Waals surface area contributed by atoms with Crippen molar-refractivity contribution in [2.75, 3.05) is 5.32 Å². The molecule has 0 amide bonds. The minimum Gasteiger partial charge on any atom is -0.354 e. The number of aryl methyl sites for hydroxylation is 1. The summed E-state index contributed by atoms with van der Waals surface area (Å²) in [5.74, 6) is -0.615. The Hall–Kier alpha value is -3.03. The van der Waals surface area contributed by atoms with Crippen LogP contribution in [0.3, 0.4) is 0 Å². The maximum absolute atomic E-state index is 14.9. The van der Waals surface area contributed by atoms with Gasteiger partial charge in [-0.15, -0.1) is 0 Å². The fourth-order valence-corrected chi connectivity index (χ4v) is 3.50. The highest BCUT2D eigenvalue weighted by Gasteiger charge is 2.35. The molecule has 30 heavy (non-hydrogen) atoms. The van der Waals surface area contributed by atoms with E-state index in [1.165, 1.54) is 24.8 Å². The van der Waals surface area contributed by atoms with E-state index in [0.29, 0.717) is 5.69 Å². The number of aromatic nitrogens is 3. The number of rotatable bonds is 5. The van der Waals surface area contributed by atoms with Crippen LogP contribution in [0, 0.1) is 5.82 Å². The van der Waals surface area contributed by atoms with Crippen LogP contribution in [0.25, 0.3) is 17.0 Å². The first-order valence-electron chi connectivity index (χ1n) is 9.72. The zero-order valence-corrected chi connectivity index (χ0v) is 16.9. The number of nitrogens with one attached hydrogen (secondary N) is 1. The van der Waals surface area contributed by atoms with Gasteiger partial charge in [-0.05, 0) is 68.7 Å². The molecule has 2 aromatic heterocycles. The molecule has 0 radical (unpaired) electrons. The van der Waals surface area contributed by atoms with Crippen molar-refractivity contribution in [1.29, 1.82) is 0 Å². The van der Waals surface area contributed by atoms with E-state index in [1.807, 2.05) is 18.3 Å². The maximum Gasteiger partial charge on any atom is 0.435 e. The van der Waals surface area contributed by atoms with Crippen molar-refractivity contribution in [3.8, 4) is 11.3 Å². The van der Waals surface area contributed by atoms with E-state index < -0.39 is 17.7 Å². The van der Waals surface area contributed by atoms with E-state index in [1.54, 1.807) is 6.07 Å². The highest BCUT2D eigenvalue weighted by Crippen LogP contribution is 2.38. The molecular formula is C22H22F4N4. The van der Waals surface area contributed by atoms with Crippen molar-refractivity contribution in [2.45, 2.75) is 38.9 Å². The average molecular weight is 418 g/mol. The number of halogens is 4. The predicted molar refractivity (Wildman–Crippen MR) is 108 cm³/mol. The van der Waals surface area contributed by atoms with Crippen molar-refractivity contribution >= 4 is 11.4 Å². The monoisotopic (exact) mass is 418 g/mol. The van der Waals surface area contributed by atoms with Gasteiger partial charge in [0.1, 0.15) is 5.82 Å². The van der Waals surface area contributed by atoms with E-state index in [9.17, 15) is 17.6 Å². The molecule has 158 valence electrons. The van der Waals surface area contributed by atoms with Crippen LogP contribution in [0.5, 0.6) is 0 Å². The molecule has 4 rings (SSSR count). The molecule has 0 bridgehead atoms. The van der Waals surface area contributed by atoms with Gasteiger partial charge in [0, 0.05) is 30.5 Å². The molecule has 3 aromatic rings. The second kappa shape index (κ2) is 7.34. The molecule has 0 unspecified atom stereocenters. The number of nitrogens with zero attached hydrogens (tertiary/aromatic N) is 3. The SMILES string of the molecule is CC(C)n1cccc1C(Nc1ccc(-c2cc(C(F)(F)F)nn2C)c(F)c1)=C1CC1. The molecule has 1 aliphatic carbocycles. The molecule has 1 fully saturated rings. The molecule has 1 N–H and O–H groups in total. The third-order valence-corrected chi connectivity index (χ3v) is 5.13. The van der Waals surface area contributed by atoms with Gasteiger partial charge in [-0.1, -0.05) is 0 Å². The van der Waals surface area contributed by atoms with Gasteiger partial charge in [0.25, 0.3) is 0 Å². The third kappa shape index (κ3) is 3.86. The minimum atomic E-state index is -4.58. The molecule has 0 spiro atoms.